The van der Waals surface area contributed by atoms with Gasteiger partial charge in [-0.15, -0.1) is 11.8 Å². The summed E-state index contributed by atoms with van der Waals surface area (Å²) in [6, 6.07) is 0.423. The molecule has 0 bridgehead atoms. The fourth-order valence-corrected chi connectivity index (χ4v) is 3.91. The van der Waals surface area contributed by atoms with Gasteiger partial charge < -0.3 is 10.6 Å². The van der Waals surface area contributed by atoms with Crippen LogP contribution in [0.25, 0.3) is 0 Å². The number of nitrogens with one attached hydrogen (secondary N) is 2. The molecule has 2 aliphatic heterocycles. The van der Waals surface area contributed by atoms with E-state index in [9.17, 15) is 4.79 Å². The molecule has 2 atom stereocenters. The van der Waals surface area contributed by atoms with Crippen molar-refractivity contribution in [2.45, 2.75) is 50.8 Å². The molecule has 1 amide bonds. The topological polar surface area (TPSA) is 41.1 Å². The highest BCUT2D eigenvalue weighted by Gasteiger charge is 2.32. The molecule has 2 heterocycles. The number of amides is 1. The lowest BCUT2D eigenvalue weighted by Gasteiger charge is -2.39. The van der Waals surface area contributed by atoms with Gasteiger partial charge in [-0.1, -0.05) is 13.8 Å². The van der Waals surface area contributed by atoms with Crippen molar-refractivity contribution in [3.05, 3.63) is 0 Å². The van der Waals surface area contributed by atoms with Gasteiger partial charge in [0.2, 0.25) is 5.91 Å². The van der Waals surface area contributed by atoms with E-state index in [0.29, 0.717) is 11.5 Å². The maximum atomic E-state index is 11.9. The number of rotatable bonds is 3. The van der Waals surface area contributed by atoms with Crippen LogP contribution in [-0.4, -0.2) is 36.0 Å². The van der Waals surface area contributed by atoms with Gasteiger partial charge in [0.1, 0.15) is 0 Å². The lowest BCUT2D eigenvalue weighted by Crippen LogP contribution is -2.53. The second kappa shape index (κ2) is 5.61. The lowest BCUT2D eigenvalue weighted by atomic mass is 9.77. The van der Waals surface area contributed by atoms with E-state index in [1.807, 2.05) is 0 Å². The average molecular weight is 256 g/mol. The maximum Gasteiger partial charge on any atom is 0.233 e. The fourth-order valence-electron chi connectivity index (χ4n) is 2.72. The van der Waals surface area contributed by atoms with E-state index in [0.717, 1.165) is 25.3 Å². The fraction of sp³-hybridized carbons (Fsp3) is 0.923. The third kappa shape index (κ3) is 3.38. The van der Waals surface area contributed by atoms with Gasteiger partial charge in [-0.3, -0.25) is 4.79 Å². The summed E-state index contributed by atoms with van der Waals surface area (Å²) in [5, 5.41) is 6.87. The molecule has 0 radical (unpaired) electrons. The standard InChI is InChI=1S/C13H24N2OS/c1-13(2)6-4-7-14-11(13)9-15-12(16)10-5-3-8-17-10/h10-11,14H,3-9H2,1-2H3,(H,15,16). The Morgan fingerprint density at radius 2 is 2.29 bits per heavy atom. The molecule has 0 aromatic carbocycles. The lowest BCUT2D eigenvalue weighted by molar-refractivity contribution is -0.120. The largest absolute Gasteiger partial charge is 0.354 e. The Morgan fingerprint density at radius 3 is 2.94 bits per heavy atom. The summed E-state index contributed by atoms with van der Waals surface area (Å²) in [7, 11) is 0. The molecule has 0 aromatic heterocycles. The van der Waals surface area contributed by atoms with Gasteiger partial charge in [-0.2, -0.15) is 0 Å². The van der Waals surface area contributed by atoms with Gasteiger partial charge in [0.05, 0.1) is 5.25 Å². The minimum atomic E-state index is 0.210. The van der Waals surface area contributed by atoms with Crippen LogP contribution < -0.4 is 10.6 Å². The predicted octanol–water partition coefficient (Wildman–Crippen LogP) is 1.78. The van der Waals surface area contributed by atoms with Gasteiger partial charge in [0.25, 0.3) is 0 Å². The third-order valence-corrected chi connectivity index (χ3v) is 5.41. The van der Waals surface area contributed by atoms with E-state index in [-0.39, 0.29) is 11.2 Å². The summed E-state index contributed by atoms with van der Waals surface area (Å²) < 4.78 is 0. The number of thioether (sulfide) groups is 1. The summed E-state index contributed by atoms with van der Waals surface area (Å²) in [5.41, 5.74) is 0.300. The van der Waals surface area contributed by atoms with Crippen molar-refractivity contribution >= 4 is 17.7 Å². The Bertz CT molecular complexity index is 275. The van der Waals surface area contributed by atoms with Crippen LogP contribution in [0.3, 0.4) is 0 Å². The number of piperidine rings is 1. The normalized spacial score (nSPS) is 32.4. The molecule has 2 unspecified atom stereocenters. The smallest absolute Gasteiger partial charge is 0.233 e. The summed E-state index contributed by atoms with van der Waals surface area (Å²) in [6.45, 7) is 6.45. The molecule has 2 rings (SSSR count). The number of carbonyl (C=O) groups excluding carboxylic acids is 1. The molecule has 0 aromatic rings. The number of hydrogen-bond acceptors (Lipinski definition) is 3. The van der Waals surface area contributed by atoms with Crippen LogP contribution in [0.2, 0.25) is 0 Å². The Morgan fingerprint density at radius 1 is 1.47 bits per heavy atom. The van der Waals surface area contributed by atoms with Crippen molar-refractivity contribution in [1.82, 2.24) is 10.6 Å². The molecule has 3 nitrogen and oxygen atoms in total. The van der Waals surface area contributed by atoms with E-state index in [2.05, 4.69) is 24.5 Å². The van der Waals surface area contributed by atoms with Crippen LogP contribution in [0.5, 0.6) is 0 Å². The first kappa shape index (κ1) is 13.2. The van der Waals surface area contributed by atoms with Gasteiger partial charge in [0.15, 0.2) is 0 Å². The molecule has 0 saturated carbocycles. The van der Waals surface area contributed by atoms with E-state index >= 15 is 0 Å². The summed E-state index contributed by atoms with van der Waals surface area (Å²) in [6.07, 6.45) is 4.74. The van der Waals surface area contributed by atoms with Crippen LogP contribution in [-0.2, 0) is 4.79 Å². The van der Waals surface area contributed by atoms with E-state index in [1.54, 1.807) is 11.8 Å². The second-order valence-corrected chi connectivity index (χ2v) is 7.16. The summed E-state index contributed by atoms with van der Waals surface area (Å²) in [5.74, 6) is 1.39. The quantitative estimate of drug-likeness (QED) is 0.809. The van der Waals surface area contributed by atoms with Gasteiger partial charge in [-0.25, -0.2) is 0 Å². The van der Waals surface area contributed by atoms with Crippen molar-refractivity contribution < 1.29 is 4.79 Å². The summed E-state index contributed by atoms with van der Waals surface area (Å²) in [4.78, 5) is 11.9. The molecule has 0 aliphatic carbocycles. The minimum absolute atomic E-state index is 0.210. The first-order chi connectivity index (χ1) is 8.09. The van der Waals surface area contributed by atoms with Crippen LogP contribution in [0.15, 0.2) is 0 Å². The van der Waals surface area contributed by atoms with Gasteiger partial charge >= 0.3 is 0 Å². The van der Waals surface area contributed by atoms with Crippen molar-refractivity contribution in [3.63, 3.8) is 0 Å². The highest BCUT2D eigenvalue weighted by Crippen LogP contribution is 2.30. The molecule has 2 N–H and O–H groups in total. The zero-order valence-electron chi connectivity index (χ0n) is 10.9. The summed E-state index contributed by atoms with van der Waals surface area (Å²) >= 11 is 1.80. The second-order valence-electron chi connectivity index (χ2n) is 5.85. The van der Waals surface area contributed by atoms with Gasteiger partial charge in [-0.05, 0) is 43.4 Å². The average Bonchev–Trinajstić information content (AvgIpc) is 2.80. The van der Waals surface area contributed by atoms with Crippen molar-refractivity contribution in [2.75, 3.05) is 18.8 Å². The molecule has 0 spiro atoms. The molecular weight excluding hydrogens is 232 g/mol. The minimum Gasteiger partial charge on any atom is -0.354 e. The number of carbonyl (C=O) groups is 1. The molecule has 4 heteroatoms. The van der Waals surface area contributed by atoms with E-state index in [1.165, 1.54) is 19.3 Å². The highest BCUT2D eigenvalue weighted by atomic mass is 32.2. The van der Waals surface area contributed by atoms with Crippen LogP contribution in [0.1, 0.15) is 39.5 Å². The predicted molar refractivity (Wildman–Crippen MR) is 73.3 cm³/mol. The number of hydrogen-bond donors (Lipinski definition) is 2. The van der Waals surface area contributed by atoms with E-state index in [4.69, 9.17) is 0 Å². The van der Waals surface area contributed by atoms with Crippen molar-refractivity contribution in [2.24, 2.45) is 5.41 Å². The maximum absolute atomic E-state index is 11.9. The Balaban J connectivity index is 1.78. The third-order valence-electron chi connectivity index (χ3n) is 4.03. The van der Waals surface area contributed by atoms with Crippen LogP contribution in [0.4, 0.5) is 0 Å². The molecular formula is C13H24N2OS. The first-order valence-electron chi connectivity index (χ1n) is 6.72. The molecule has 2 saturated heterocycles. The zero-order chi connectivity index (χ0) is 12.3. The Labute approximate surface area is 108 Å². The molecule has 2 aliphatic rings. The molecule has 2 fully saturated rings. The molecule has 98 valence electrons. The Hall–Kier alpha value is -0.220. The monoisotopic (exact) mass is 256 g/mol. The highest BCUT2D eigenvalue weighted by molar-refractivity contribution is 8.00. The molecule has 17 heavy (non-hydrogen) atoms. The van der Waals surface area contributed by atoms with Crippen LogP contribution in [0, 0.1) is 5.41 Å². The zero-order valence-corrected chi connectivity index (χ0v) is 11.7. The SMILES string of the molecule is CC1(C)CCCNC1CNC(=O)C1CCCS1. The Kier molecular flexibility index (Phi) is 4.36. The van der Waals surface area contributed by atoms with Crippen LogP contribution >= 0.6 is 11.8 Å². The van der Waals surface area contributed by atoms with Crippen molar-refractivity contribution in [1.29, 1.82) is 0 Å². The van der Waals surface area contributed by atoms with Gasteiger partial charge in [0, 0.05) is 12.6 Å². The first-order valence-corrected chi connectivity index (χ1v) is 7.77. The van der Waals surface area contributed by atoms with E-state index < -0.39 is 0 Å². The van der Waals surface area contributed by atoms with Crippen molar-refractivity contribution in [3.8, 4) is 0 Å².